The maximum Gasteiger partial charge on any atom is 0.188 e. The molecule has 0 unspecified atom stereocenters. The molecule has 0 bridgehead atoms. The minimum absolute atomic E-state index is 0.00988. The van der Waals surface area contributed by atoms with Crippen LogP contribution in [-0.4, -0.2) is 10.8 Å². The number of nitrogens with zero attached hydrogens (tertiary/aromatic N) is 1. The van der Waals surface area contributed by atoms with Gasteiger partial charge in [0, 0.05) is 34.9 Å². The number of hydrogen-bond acceptors (Lipinski definition) is 5. The topological polar surface area (TPSA) is 68.0 Å². The normalized spacial score (nSPS) is 10.4. The Balaban J connectivity index is 1.73. The molecule has 0 spiro atoms. The highest BCUT2D eigenvalue weighted by molar-refractivity contribution is 7.12. The lowest BCUT2D eigenvalue weighted by Crippen LogP contribution is -1.97. The molecule has 4 nitrogen and oxygen atoms in total. The molecule has 0 radical (unpaired) electrons. The van der Waals surface area contributed by atoms with Crippen LogP contribution in [0.15, 0.2) is 60.5 Å². The van der Waals surface area contributed by atoms with Gasteiger partial charge in [-0.2, -0.15) is 0 Å². The molecule has 0 atom stereocenters. The van der Waals surface area contributed by atoms with Gasteiger partial charge < -0.3 is 11.1 Å². The summed E-state index contributed by atoms with van der Waals surface area (Å²) in [7, 11) is 0. The van der Waals surface area contributed by atoms with Crippen molar-refractivity contribution in [2.24, 2.45) is 0 Å². The highest BCUT2D eigenvalue weighted by Gasteiger charge is 2.08. The number of aromatic nitrogens is 1. The van der Waals surface area contributed by atoms with E-state index in [9.17, 15) is 4.79 Å². The number of rotatable bonds is 5. The van der Waals surface area contributed by atoms with E-state index in [4.69, 9.17) is 5.73 Å². The van der Waals surface area contributed by atoms with Gasteiger partial charge in [0.2, 0.25) is 0 Å². The Hall–Kier alpha value is -2.92. The van der Waals surface area contributed by atoms with Crippen molar-refractivity contribution in [3.05, 3.63) is 71.1 Å². The van der Waals surface area contributed by atoms with E-state index in [1.807, 2.05) is 53.9 Å². The summed E-state index contributed by atoms with van der Waals surface area (Å²) in [6.45, 7) is 5.58. The van der Waals surface area contributed by atoms with Gasteiger partial charge in [0.15, 0.2) is 10.8 Å². The van der Waals surface area contributed by atoms with Crippen molar-refractivity contribution in [2.75, 3.05) is 11.1 Å². The highest BCUT2D eigenvalue weighted by atomic mass is 32.1. The van der Waals surface area contributed by atoms with E-state index in [2.05, 4.69) is 16.9 Å². The van der Waals surface area contributed by atoms with E-state index in [-0.39, 0.29) is 5.78 Å². The molecule has 0 fully saturated rings. The van der Waals surface area contributed by atoms with Gasteiger partial charge in [0.25, 0.3) is 0 Å². The van der Waals surface area contributed by atoms with Crippen LogP contribution in [0, 0.1) is 0 Å². The zero-order valence-electron chi connectivity index (χ0n) is 13.2. The molecule has 1 aromatic heterocycles. The molecule has 0 aliphatic heterocycles. The molecule has 0 saturated heterocycles. The maximum absolute atomic E-state index is 11.3. The number of hydrogen-bond donors (Lipinski definition) is 2. The van der Waals surface area contributed by atoms with Crippen LogP contribution in [0.25, 0.3) is 17.0 Å². The first-order valence-corrected chi connectivity index (χ1v) is 8.29. The maximum atomic E-state index is 11.3. The first-order chi connectivity index (χ1) is 11.5. The molecule has 3 aromatic rings. The monoisotopic (exact) mass is 335 g/mol. The number of carbonyl (C=O) groups excluding carboxylic acids is 1. The third-order valence-corrected chi connectivity index (χ3v) is 4.48. The van der Waals surface area contributed by atoms with Crippen LogP contribution in [0.3, 0.4) is 0 Å². The van der Waals surface area contributed by atoms with Crippen molar-refractivity contribution in [1.82, 2.24) is 4.98 Å². The van der Waals surface area contributed by atoms with Crippen LogP contribution >= 0.6 is 11.3 Å². The predicted octanol–water partition coefficient (Wildman–Crippen LogP) is 4.68. The van der Waals surface area contributed by atoms with E-state index in [1.54, 1.807) is 0 Å². The van der Waals surface area contributed by atoms with Gasteiger partial charge in [-0.3, -0.25) is 4.79 Å². The van der Waals surface area contributed by atoms with Crippen molar-refractivity contribution in [1.29, 1.82) is 0 Å². The van der Waals surface area contributed by atoms with Crippen LogP contribution in [0.4, 0.5) is 11.4 Å². The number of anilines is 2. The Kier molecular flexibility index (Phi) is 4.44. The zero-order chi connectivity index (χ0) is 17.1. The average molecular weight is 335 g/mol. The van der Waals surface area contributed by atoms with Crippen molar-refractivity contribution < 1.29 is 4.79 Å². The van der Waals surface area contributed by atoms with E-state index in [0.717, 1.165) is 33.9 Å². The summed E-state index contributed by atoms with van der Waals surface area (Å²) in [4.78, 5) is 15.7. The highest BCUT2D eigenvalue weighted by Crippen LogP contribution is 2.25. The fourth-order valence-corrected chi connectivity index (χ4v) is 2.95. The van der Waals surface area contributed by atoms with Crippen LogP contribution in [0.2, 0.25) is 0 Å². The molecule has 1 heterocycles. The predicted molar refractivity (Wildman–Crippen MR) is 101 cm³/mol. The minimum atomic E-state index is -0.00988. The van der Waals surface area contributed by atoms with Gasteiger partial charge in [-0.15, -0.1) is 11.3 Å². The SMILES string of the molecule is C=C(Nc1ccc(-c2csc(C(C)=O)n2)cc1)c1ccc(N)cc1. The van der Waals surface area contributed by atoms with E-state index in [1.165, 1.54) is 18.3 Å². The summed E-state index contributed by atoms with van der Waals surface area (Å²) in [6, 6.07) is 15.4. The second kappa shape index (κ2) is 6.68. The van der Waals surface area contributed by atoms with Gasteiger partial charge in [0.1, 0.15) is 0 Å². The summed E-state index contributed by atoms with van der Waals surface area (Å²) in [6.07, 6.45) is 0. The fourth-order valence-electron chi connectivity index (χ4n) is 2.22. The van der Waals surface area contributed by atoms with Gasteiger partial charge >= 0.3 is 0 Å². The third-order valence-electron chi connectivity index (χ3n) is 3.54. The molecule has 0 aliphatic carbocycles. The van der Waals surface area contributed by atoms with Gasteiger partial charge in [-0.25, -0.2) is 4.98 Å². The molecule has 3 rings (SSSR count). The van der Waals surface area contributed by atoms with Crippen molar-refractivity contribution >= 4 is 34.2 Å². The number of benzene rings is 2. The van der Waals surface area contributed by atoms with Crippen LogP contribution in [0.1, 0.15) is 22.3 Å². The van der Waals surface area contributed by atoms with Crippen LogP contribution < -0.4 is 11.1 Å². The van der Waals surface area contributed by atoms with Crippen LogP contribution in [-0.2, 0) is 0 Å². The number of nitrogen functional groups attached to an aromatic ring is 1. The lowest BCUT2D eigenvalue weighted by molar-refractivity contribution is 0.101. The lowest BCUT2D eigenvalue weighted by atomic mass is 10.1. The summed E-state index contributed by atoms with van der Waals surface area (Å²) in [5, 5.41) is 5.70. The van der Waals surface area contributed by atoms with E-state index >= 15 is 0 Å². The quantitative estimate of drug-likeness (QED) is 0.525. The van der Waals surface area contributed by atoms with E-state index in [0.29, 0.717) is 5.01 Å². The number of thiazole rings is 1. The minimum Gasteiger partial charge on any atom is -0.399 e. The number of ketones is 1. The second-order valence-corrected chi connectivity index (χ2v) is 6.26. The summed E-state index contributed by atoms with van der Waals surface area (Å²) < 4.78 is 0. The van der Waals surface area contributed by atoms with Gasteiger partial charge in [-0.1, -0.05) is 30.8 Å². The molecule has 120 valence electrons. The van der Waals surface area contributed by atoms with Crippen molar-refractivity contribution in [2.45, 2.75) is 6.92 Å². The Morgan fingerprint density at radius 3 is 2.38 bits per heavy atom. The van der Waals surface area contributed by atoms with Crippen LogP contribution in [0.5, 0.6) is 0 Å². The Labute approximate surface area is 144 Å². The fraction of sp³-hybridized carbons (Fsp3) is 0.0526. The van der Waals surface area contributed by atoms with E-state index < -0.39 is 0 Å². The molecular weight excluding hydrogens is 318 g/mol. The van der Waals surface area contributed by atoms with Crippen molar-refractivity contribution in [3.8, 4) is 11.3 Å². The molecular formula is C19H17N3OS. The number of Topliss-reactive ketones (excluding diaryl/α,β-unsaturated/α-hetero) is 1. The smallest absolute Gasteiger partial charge is 0.188 e. The lowest BCUT2D eigenvalue weighted by Gasteiger charge is -2.10. The first-order valence-electron chi connectivity index (χ1n) is 7.41. The Morgan fingerprint density at radius 2 is 1.79 bits per heavy atom. The molecule has 3 N–H and O–H groups in total. The number of carbonyl (C=O) groups is 1. The molecule has 2 aromatic carbocycles. The van der Waals surface area contributed by atoms with Crippen molar-refractivity contribution in [3.63, 3.8) is 0 Å². The molecule has 0 aliphatic rings. The Bertz CT molecular complexity index is 880. The summed E-state index contributed by atoms with van der Waals surface area (Å²) in [5.74, 6) is -0.00988. The standard InChI is InChI=1S/C19H17N3OS/c1-12(14-3-7-16(20)8-4-14)21-17-9-5-15(6-10-17)18-11-24-19(22-18)13(2)23/h3-11,21H,1,20H2,2H3. The number of nitrogens with two attached hydrogens (primary N) is 1. The molecule has 0 amide bonds. The first kappa shape index (κ1) is 16.0. The molecule has 24 heavy (non-hydrogen) atoms. The van der Waals surface area contributed by atoms with Gasteiger partial charge in [0.05, 0.1) is 5.69 Å². The molecule has 0 saturated carbocycles. The van der Waals surface area contributed by atoms with Gasteiger partial charge in [-0.05, 0) is 29.8 Å². The Morgan fingerprint density at radius 1 is 1.12 bits per heavy atom. The average Bonchev–Trinajstić information content (AvgIpc) is 3.06. The second-order valence-electron chi connectivity index (χ2n) is 5.40. The summed E-state index contributed by atoms with van der Waals surface area (Å²) >= 11 is 1.37. The molecule has 5 heteroatoms. The summed E-state index contributed by atoms with van der Waals surface area (Å²) in [5.41, 5.74) is 10.9. The largest absolute Gasteiger partial charge is 0.399 e. The zero-order valence-corrected chi connectivity index (χ0v) is 14.1. The number of nitrogens with one attached hydrogen (secondary N) is 1. The third kappa shape index (κ3) is 3.52.